The van der Waals surface area contributed by atoms with E-state index in [4.69, 9.17) is 5.11 Å². The molecule has 6 heteroatoms. The van der Waals surface area contributed by atoms with E-state index in [9.17, 15) is 13.6 Å². The predicted molar refractivity (Wildman–Crippen MR) is 70.7 cm³/mol. The summed E-state index contributed by atoms with van der Waals surface area (Å²) in [4.78, 5) is 13.6. The Bertz CT molecular complexity index is 421. The monoisotopic (exact) mass is 287 g/mol. The normalized spacial score (nSPS) is 10.9. The van der Waals surface area contributed by atoms with E-state index in [1.54, 1.807) is 17.0 Å². The molecule has 1 aromatic rings. The van der Waals surface area contributed by atoms with Gasteiger partial charge in [-0.25, -0.2) is 0 Å². The molecule has 112 valence electrons. The fourth-order valence-corrected chi connectivity index (χ4v) is 1.84. The van der Waals surface area contributed by atoms with Crippen molar-refractivity contribution in [3.05, 3.63) is 29.8 Å². The number of hydrogen-bond acceptors (Lipinski definition) is 3. The fourth-order valence-electron chi connectivity index (χ4n) is 1.84. The van der Waals surface area contributed by atoms with Gasteiger partial charge in [-0.3, -0.25) is 4.79 Å². The van der Waals surface area contributed by atoms with Crippen LogP contribution in [0.3, 0.4) is 0 Å². The summed E-state index contributed by atoms with van der Waals surface area (Å²) in [5, 5.41) is 8.94. The van der Waals surface area contributed by atoms with Crippen LogP contribution < -0.4 is 4.74 Å². The number of benzene rings is 1. The van der Waals surface area contributed by atoms with Gasteiger partial charge in [-0.2, -0.15) is 8.78 Å². The lowest BCUT2D eigenvalue weighted by molar-refractivity contribution is -0.132. The number of rotatable bonds is 7. The van der Waals surface area contributed by atoms with Crippen LogP contribution in [0.1, 0.15) is 19.4 Å². The van der Waals surface area contributed by atoms with Crippen LogP contribution in [0.5, 0.6) is 5.75 Å². The first-order valence-corrected chi connectivity index (χ1v) is 6.38. The highest BCUT2D eigenvalue weighted by Crippen LogP contribution is 2.16. The number of amides is 1. The summed E-state index contributed by atoms with van der Waals surface area (Å²) in [5.41, 5.74) is 0.709. The minimum Gasteiger partial charge on any atom is -0.435 e. The third-order valence-electron chi connectivity index (χ3n) is 2.79. The summed E-state index contributed by atoms with van der Waals surface area (Å²) in [5.74, 6) is -0.0520. The number of aliphatic hydroxyl groups is 1. The van der Waals surface area contributed by atoms with Gasteiger partial charge < -0.3 is 14.7 Å². The molecule has 20 heavy (non-hydrogen) atoms. The Morgan fingerprint density at radius 2 is 1.90 bits per heavy atom. The Hall–Kier alpha value is -1.69. The van der Waals surface area contributed by atoms with Crippen LogP contribution in [0.2, 0.25) is 0 Å². The zero-order valence-electron chi connectivity index (χ0n) is 11.6. The second-order valence-electron chi connectivity index (χ2n) is 4.60. The molecule has 0 aromatic heterocycles. The predicted octanol–water partition coefficient (Wildman–Crippen LogP) is 2.06. The second-order valence-corrected chi connectivity index (χ2v) is 4.60. The van der Waals surface area contributed by atoms with E-state index in [0.29, 0.717) is 5.56 Å². The molecule has 0 spiro atoms. The van der Waals surface area contributed by atoms with E-state index in [1.165, 1.54) is 12.1 Å². The van der Waals surface area contributed by atoms with Crippen LogP contribution in [0.25, 0.3) is 0 Å². The van der Waals surface area contributed by atoms with E-state index in [2.05, 4.69) is 4.74 Å². The SMILES string of the molecule is CC(C)N(CCO)C(=O)Cc1ccc(OC(F)F)cc1. The number of halogens is 2. The summed E-state index contributed by atoms with van der Waals surface area (Å²) in [6.07, 6.45) is 0.160. The summed E-state index contributed by atoms with van der Waals surface area (Å²) in [6, 6.07) is 5.96. The summed E-state index contributed by atoms with van der Waals surface area (Å²) in [7, 11) is 0. The standard InChI is InChI=1S/C14H19F2NO3/c1-10(2)17(7-8-18)13(19)9-11-3-5-12(6-4-11)20-14(15)16/h3-6,10,14,18H,7-9H2,1-2H3. The number of ether oxygens (including phenoxy) is 1. The van der Waals surface area contributed by atoms with Crippen molar-refractivity contribution in [2.45, 2.75) is 32.9 Å². The molecule has 0 aliphatic rings. The van der Waals surface area contributed by atoms with Crippen LogP contribution in [0.15, 0.2) is 24.3 Å². The lowest BCUT2D eigenvalue weighted by Gasteiger charge is -2.26. The highest BCUT2D eigenvalue weighted by Gasteiger charge is 2.16. The molecule has 0 radical (unpaired) electrons. The van der Waals surface area contributed by atoms with Crippen LogP contribution in [-0.4, -0.2) is 41.7 Å². The molecule has 0 atom stereocenters. The molecule has 1 aromatic carbocycles. The number of carbonyl (C=O) groups excluding carboxylic acids is 1. The number of carbonyl (C=O) groups is 1. The molecule has 1 amide bonds. The lowest BCUT2D eigenvalue weighted by atomic mass is 10.1. The van der Waals surface area contributed by atoms with Gasteiger partial charge in [0, 0.05) is 12.6 Å². The number of hydrogen-bond donors (Lipinski definition) is 1. The van der Waals surface area contributed by atoms with Crippen molar-refractivity contribution in [3.8, 4) is 5.75 Å². The van der Waals surface area contributed by atoms with E-state index in [1.807, 2.05) is 13.8 Å². The maximum absolute atomic E-state index is 12.1. The molecule has 0 aliphatic heterocycles. The second kappa shape index (κ2) is 7.79. The van der Waals surface area contributed by atoms with E-state index in [0.717, 1.165) is 0 Å². The van der Waals surface area contributed by atoms with Crippen molar-refractivity contribution in [1.82, 2.24) is 4.90 Å². The molecule has 0 unspecified atom stereocenters. The first-order valence-electron chi connectivity index (χ1n) is 6.38. The third-order valence-corrected chi connectivity index (χ3v) is 2.79. The molecular weight excluding hydrogens is 268 g/mol. The quantitative estimate of drug-likeness (QED) is 0.835. The Balaban J connectivity index is 2.65. The molecule has 0 bridgehead atoms. The largest absolute Gasteiger partial charge is 0.435 e. The van der Waals surface area contributed by atoms with Gasteiger partial charge in [0.1, 0.15) is 5.75 Å². The molecule has 0 heterocycles. The molecule has 0 fully saturated rings. The minimum atomic E-state index is -2.86. The van der Waals surface area contributed by atoms with Crippen LogP contribution in [-0.2, 0) is 11.2 Å². The first-order chi connectivity index (χ1) is 9.43. The maximum Gasteiger partial charge on any atom is 0.387 e. The smallest absolute Gasteiger partial charge is 0.387 e. The fraction of sp³-hybridized carbons (Fsp3) is 0.500. The number of nitrogens with zero attached hydrogens (tertiary/aromatic N) is 1. The summed E-state index contributed by atoms with van der Waals surface area (Å²) < 4.78 is 28.2. The van der Waals surface area contributed by atoms with Gasteiger partial charge in [0.25, 0.3) is 0 Å². The van der Waals surface area contributed by atoms with Crippen LogP contribution in [0.4, 0.5) is 8.78 Å². The summed E-state index contributed by atoms with van der Waals surface area (Å²) in [6.45, 7) is 1.07. The van der Waals surface area contributed by atoms with E-state index in [-0.39, 0.29) is 37.3 Å². The van der Waals surface area contributed by atoms with E-state index >= 15 is 0 Å². The molecule has 0 saturated heterocycles. The van der Waals surface area contributed by atoms with Gasteiger partial charge in [-0.15, -0.1) is 0 Å². The molecule has 1 rings (SSSR count). The first kappa shape index (κ1) is 16.4. The highest BCUT2D eigenvalue weighted by atomic mass is 19.3. The Morgan fingerprint density at radius 1 is 1.30 bits per heavy atom. The average Bonchev–Trinajstić information content (AvgIpc) is 2.37. The summed E-state index contributed by atoms with van der Waals surface area (Å²) >= 11 is 0. The average molecular weight is 287 g/mol. The van der Waals surface area contributed by atoms with Gasteiger partial charge in [-0.1, -0.05) is 12.1 Å². The van der Waals surface area contributed by atoms with Crippen molar-refractivity contribution in [2.75, 3.05) is 13.2 Å². The van der Waals surface area contributed by atoms with E-state index < -0.39 is 6.61 Å². The Kier molecular flexibility index (Phi) is 6.38. The maximum atomic E-state index is 12.1. The number of alkyl halides is 2. The molecular formula is C14H19F2NO3. The van der Waals surface area contributed by atoms with Gasteiger partial charge in [0.2, 0.25) is 5.91 Å². The van der Waals surface area contributed by atoms with Gasteiger partial charge >= 0.3 is 6.61 Å². The van der Waals surface area contributed by atoms with Gasteiger partial charge in [0.05, 0.1) is 13.0 Å². The Morgan fingerprint density at radius 3 is 2.35 bits per heavy atom. The topological polar surface area (TPSA) is 49.8 Å². The van der Waals surface area contributed by atoms with Crippen molar-refractivity contribution in [3.63, 3.8) is 0 Å². The Labute approximate surface area is 117 Å². The molecule has 0 aliphatic carbocycles. The zero-order valence-corrected chi connectivity index (χ0v) is 11.6. The van der Waals surface area contributed by atoms with Crippen molar-refractivity contribution >= 4 is 5.91 Å². The van der Waals surface area contributed by atoms with Crippen molar-refractivity contribution in [1.29, 1.82) is 0 Å². The van der Waals surface area contributed by atoms with Gasteiger partial charge in [-0.05, 0) is 31.5 Å². The number of aliphatic hydroxyl groups excluding tert-OH is 1. The zero-order chi connectivity index (χ0) is 15.1. The highest BCUT2D eigenvalue weighted by molar-refractivity contribution is 5.79. The molecule has 4 nitrogen and oxygen atoms in total. The van der Waals surface area contributed by atoms with Gasteiger partial charge in [0.15, 0.2) is 0 Å². The third kappa shape index (κ3) is 5.13. The molecule has 1 N–H and O–H groups in total. The van der Waals surface area contributed by atoms with Crippen molar-refractivity contribution < 1.29 is 23.4 Å². The van der Waals surface area contributed by atoms with Crippen molar-refractivity contribution in [2.24, 2.45) is 0 Å². The molecule has 0 saturated carbocycles. The van der Waals surface area contributed by atoms with Crippen LogP contribution in [0, 0.1) is 0 Å². The lowest BCUT2D eigenvalue weighted by Crippen LogP contribution is -2.39. The van der Waals surface area contributed by atoms with Crippen LogP contribution >= 0.6 is 0 Å². The minimum absolute atomic E-state index is 0.00362.